The molecule has 3 nitrogen and oxygen atoms in total. The van der Waals surface area contributed by atoms with E-state index in [0.29, 0.717) is 5.92 Å². The molecule has 58 heavy (non-hydrogen) atoms. The summed E-state index contributed by atoms with van der Waals surface area (Å²) in [6.45, 7) is 2.36. The van der Waals surface area contributed by atoms with Gasteiger partial charge in [0.05, 0.1) is 11.0 Å². The van der Waals surface area contributed by atoms with Gasteiger partial charge in [-0.15, -0.1) is 0 Å². The van der Waals surface area contributed by atoms with Crippen molar-refractivity contribution in [1.82, 2.24) is 4.57 Å². The maximum atomic E-state index is 2.42. The highest BCUT2D eigenvalue weighted by Gasteiger charge is 2.24. The van der Waals surface area contributed by atoms with Gasteiger partial charge in [-0.2, -0.15) is 0 Å². The number of hydrogen-bond acceptors (Lipinski definition) is 2. The zero-order valence-electron chi connectivity index (χ0n) is 32.5. The van der Waals surface area contributed by atoms with Crippen molar-refractivity contribution in [3.63, 3.8) is 0 Å². The van der Waals surface area contributed by atoms with Gasteiger partial charge in [-0.25, -0.2) is 0 Å². The van der Waals surface area contributed by atoms with Gasteiger partial charge >= 0.3 is 0 Å². The minimum absolute atomic E-state index is 0.316. The molecule has 0 N–H and O–H groups in total. The summed E-state index contributed by atoms with van der Waals surface area (Å²) in [6.07, 6.45) is 5.62. The minimum atomic E-state index is 0.316. The Balaban J connectivity index is 1.05. The van der Waals surface area contributed by atoms with Crippen molar-refractivity contribution in [2.24, 2.45) is 5.92 Å². The van der Waals surface area contributed by atoms with Crippen molar-refractivity contribution in [1.29, 1.82) is 0 Å². The van der Waals surface area contributed by atoms with Gasteiger partial charge in [0.15, 0.2) is 0 Å². The smallest absolute Gasteiger partial charge is 0.0541 e. The molecule has 1 aliphatic rings. The number of allylic oxidation sites excluding steroid dienone is 4. The molecular weight excluding hydrogens is 703 g/mol. The predicted molar refractivity (Wildman–Crippen MR) is 246 cm³/mol. The van der Waals surface area contributed by atoms with E-state index in [1.54, 1.807) is 0 Å². The van der Waals surface area contributed by atoms with Crippen molar-refractivity contribution in [3.05, 3.63) is 236 Å². The highest BCUT2D eigenvalue weighted by atomic mass is 15.2. The molecule has 0 amide bonds. The quantitative estimate of drug-likeness (QED) is 0.146. The number of fused-ring (bicyclic) bond motifs is 3. The fraction of sp³-hybridized carbons (Fsp3) is 0.0545. The Kier molecular flexibility index (Phi) is 9.25. The lowest BCUT2D eigenvalue weighted by atomic mass is 9.87. The first-order valence-electron chi connectivity index (χ1n) is 20.2. The van der Waals surface area contributed by atoms with Crippen LogP contribution >= 0.6 is 0 Å². The standard InChI is InChI=1S/C55H43N3/c1-40-37-42(29-34-53(40)57(47-21-11-4-12-22-47)48-23-13-5-14-24-48)44-31-36-55-52(39-44)51-38-43(30-35-54(51)58(55)49-25-15-6-16-26-49)41-27-32-50(33-28-41)56(45-17-7-2-8-18-45)46-19-9-3-10-20-46/h2-36,38-40H,37H2,1H3. The fourth-order valence-electron chi connectivity index (χ4n) is 8.63. The number of nitrogens with zero attached hydrogens (tertiary/aromatic N) is 3. The summed E-state index contributed by atoms with van der Waals surface area (Å²) < 4.78 is 2.41. The second-order valence-electron chi connectivity index (χ2n) is 15.1. The van der Waals surface area contributed by atoms with Crippen LogP contribution in [-0.4, -0.2) is 4.57 Å². The Hall–Kier alpha value is -7.36. The lowest BCUT2D eigenvalue weighted by Gasteiger charge is -2.33. The molecule has 1 unspecified atom stereocenters. The molecule has 8 aromatic carbocycles. The Bertz CT molecular complexity index is 2820. The average Bonchev–Trinajstić information content (AvgIpc) is 3.62. The van der Waals surface area contributed by atoms with Crippen LogP contribution in [0.25, 0.3) is 44.2 Å². The highest BCUT2D eigenvalue weighted by Crippen LogP contribution is 2.42. The molecule has 3 heteroatoms. The van der Waals surface area contributed by atoms with E-state index in [9.17, 15) is 0 Å². The maximum absolute atomic E-state index is 2.42. The second kappa shape index (κ2) is 15.3. The molecule has 278 valence electrons. The third-order valence-corrected chi connectivity index (χ3v) is 11.4. The molecule has 1 heterocycles. The molecule has 1 atom stereocenters. The van der Waals surface area contributed by atoms with Crippen LogP contribution in [0.2, 0.25) is 0 Å². The van der Waals surface area contributed by atoms with Gasteiger partial charge in [0.25, 0.3) is 0 Å². The van der Waals surface area contributed by atoms with E-state index in [1.165, 1.54) is 61.1 Å². The van der Waals surface area contributed by atoms with Crippen molar-refractivity contribution in [2.45, 2.75) is 13.3 Å². The monoisotopic (exact) mass is 745 g/mol. The SMILES string of the molecule is CC1CC(c2ccc3c(c2)c2cc(-c4ccc(N(c5ccccc5)c5ccccc5)cc4)ccc2n3-c2ccccc2)=CC=C1N(c1ccccc1)c1ccccc1. The summed E-state index contributed by atoms with van der Waals surface area (Å²) in [5, 5.41) is 2.50. The summed E-state index contributed by atoms with van der Waals surface area (Å²) >= 11 is 0. The van der Waals surface area contributed by atoms with Crippen LogP contribution in [0.3, 0.4) is 0 Å². The van der Waals surface area contributed by atoms with Gasteiger partial charge in [0.2, 0.25) is 0 Å². The predicted octanol–water partition coefficient (Wildman–Crippen LogP) is 15.1. The van der Waals surface area contributed by atoms with E-state index in [2.05, 4.69) is 246 Å². The van der Waals surface area contributed by atoms with Gasteiger partial charge in [-0.1, -0.05) is 128 Å². The minimum Gasteiger partial charge on any atom is -0.314 e. The summed E-state index contributed by atoms with van der Waals surface area (Å²) in [5.41, 5.74) is 15.6. The normalized spacial score (nSPS) is 13.9. The number of hydrogen-bond donors (Lipinski definition) is 0. The lowest BCUT2D eigenvalue weighted by Crippen LogP contribution is -2.23. The Morgan fingerprint density at radius 3 is 1.31 bits per heavy atom. The number of anilines is 5. The van der Waals surface area contributed by atoms with Crippen molar-refractivity contribution in [3.8, 4) is 16.8 Å². The molecule has 0 spiro atoms. The zero-order chi connectivity index (χ0) is 38.8. The Morgan fingerprint density at radius 2 is 0.810 bits per heavy atom. The molecular formula is C55H43N3. The molecule has 0 fully saturated rings. The second-order valence-corrected chi connectivity index (χ2v) is 15.1. The van der Waals surface area contributed by atoms with E-state index >= 15 is 0 Å². The molecule has 0 saturated carbocycles. The average molecular weight is 746 g/mol. The molecule has 0 aliphatic heterocycles. The van der Waals surface area contributed by atoms with Crippen LogP contribution in [0.15, 0.2) is 230 Å². The maximum Gasteiger partial charge on any atom is 0.0541 e. The third kappa shape index (κ3) is 6.57. The van der Waals surface area contributed by atoms with Crippen LogP contribution in [0.5, 0.6) is 0 Å². The van der Waals surface area contributed by atoms with Crippen molar-refractivity contribution >= 4 is 55.8 Å². The first-order chi connectivity index (χ1) is 28.7. The molecule has 10 rings (SSSR count). The van der Waals surface area contributed by atoms with E-state index < -0.39 is 0 Å². The van der Waals surface area contributed by atoms with E-state index in [0.717, 1.165) is 29.2 Å². The first kappa shape index (κ1) is 35.1. The van der Waals surface area contributed by atoms with E-state index in [4.69, 9.17) is 0 Å². The van der Waals surface area contributed by atoms with Gasteiger partial charge in [0, 0.05) is 56.5 Å². The molecule has 0 bridgehead atoms. The Labute approximate surface area is 340 Å². The summed E-state index contributed by atoms with van der Waals surface area (Å²) in [5.74, 6) is 0.316. The molecule has 9 aromatic rings. The largest absolute Gasteiger partial charge is 0.314 e. The van der Waals surface area contributed by atoms with Crippen LogP contribution < -0.4 is 9.80 Å². The van der Waals surface area contributed by atoms with Crippen LogP contribution in [-0.2, 0) is 0 Å². The number of rotatable bonds is 9. The lowest BCUT2D eigenvalue weighted by molar-refractivity contribution is 0.680. The van der Waals surface area contributed by atoms with E-state index in [-0.39, 0.29) is 0 Å². The van der Waals surface area contributed by atoms with Crippen LogP contribution in [0, 0.1) is 5.92 Å². The zero-order valence-corrected chi connectivity index (χ0v) is 32.5. The molecule has 1 aliphatic carbocycles. The fourth-order valence-corrected chi connectivity index (χ4v) is 8.63. The summed E-state index contributed by atoms with van der Waals surface area (Å²) in [6, 6.07) is 76.3. The van der Waals surface area contributed by atoms with Crippen LogP contribution in [0.4, 0.5) is 28.4 Å². The summed E-state index contributed by atoms with van der Waals surface area (Å²) in [7, 11) is 0. The summed E-state index contributed by atoms with van der Waals surface area (Å²) in [4.78, 5) is 4.71. The number of para-hydroxylation sites is 5. The first-order valence-corrected chi connectivity index (χ1v) is 20.2. The number of benzene rings is 8. The topological polar surface area (TPSA) is 11.4 Å². The van der Waals surface area contributed by atoms with Gasteiger partial charge in [0.1, 0.15) is 0 Å². The molecule has 0 saturated heterocycles. The Morgan fingerprint density at radius 1 is 0.397 bits per heavy atom. The van der Waals surface area contributed by atoms with Crippen molar-refractivity contribution in [2.75, 3.05) is 9.80 Å². The number of aromatic nitrogens is 1. The van der Waals surface area contributed by atoms with Gasteiger partial charge in [-0.05, 0) is 132 Å². The van der Waals surface area contributed by atoms with Crippen molar-refractivity contribution < 1.29 is 0 Å². The highest BCUT2D eigenvalue weighted by molar-refractivity contribution is 6.11. The van der Waals surface area contributed by atoms with Crippen LogP contribution in [0.1, 0.15) is 18.9 Å². The molecule has 0 radical (unpaired) electrons. The van der Waals surface area contributed by atoms with Gasteiger partial charge < -0.3 is 14.4 Å². The molecule has 1 aromatic heterocycles. The van der Waals surface area contributed by atoms with Gasteiger partial charge in [-0.3, -0.25) is 0 Å². The van der Waals surface area contributed by atoms with E-state index in [1.807, 2.05) is 0 Å². The third-order valence-electron chi connectivity index (χ3n) is 11.4.